The van der Waals surface area contributed by atoms with Crippen LogP contribution in [0.15, 0.2) is 48.8 Å². The second-order valence-corrected chi connectivity index (χ2v) is 6.26. The largest absolute Gasteiger partial charge is 0.489 e. The van der Waals surface area contributed by atoms with Gasteiger partial charge in [0.25, 0.3) is 0 Å². The number of carbonyl (C=O) groups excluding carboxylic acids is 1. The smallest absolute Gasteiger partial charge is 0.229 e. The Morgan fingerprint density at radius 3 is 3.00 bits per heavy atom. The van der Waals surface area contributed by atoms with Crippen molar-refractivity contribution in [2.45, 2.75) is 19.1 Å². The van der Waals surface area contributed by atoms with Crippen LogP contribution in [0.5, 0.6) is 5.75 Å². The minimum absolute atomic E-state index is 0.00862. The Morgan fingerprint density at radius 2 is 2.15 bits per heavy atom. The number of rotatable bonds is 4. The maximum absolute atomic E-state index is 13.9. The van der Waals surface area contributed by atoms with Gasteiger partial charge in [-0.3, -0.25) is 10.1 Å². The van der Waals surface area contributed by atoms with E-state index in [-0.39, 0.29) is 25.0 Å². The first-order valence-electron chi connectivity index (χ1n) is 7.97. The third-order valence-electron chi connectivity index (χ3n) is 4.19. The van der Waals surface area contributed by atoms with E-state index < -0.39 is 5.82 Å². The lowest BCUT2D eigenvalue weighted by Gasteiger charge is -2.24. The molecule has 1 N–H and O–H groups in total. The van der Waals surface area contributed by atoms with Crippen LogP contribution in [0.3, 0.4) is 0 Å². The molecule has 1 aliphatic heterocycles. The molecule has 2 heterocycles. The van der Waals surface area contributed by atoms with Gasteiger partial charge in [-0.1, -0.05) is 29.8 Å². The number of halogens is 2. The first kappa shape index (κ1) is 16.5. The lowest BCUT2D eigenvalue weighted by Crippen LogP contribution is -2.29. The molecular formula is C18H14ClFN4O2. The van der Waals surface area contributed by atoms with Crippen molar-refractivity contribution >= 4 is 23.5 Å². The first-order valence-corrected chi connectivity index (χ1v) is 8.34. The van der Waals surface area contributed by atoms with E-state index in [1.54, 1.807) is 22.9 Å². The standard InChI is InChI=1S/C18H14ClFN4O2/c19-14-5-2-6-15(20)13(14)9-26-12-4-1-3-11(7-12)16-8-17(25)23-18-21-10-22-24(16)18/h1-7,10,16H,8-9H2,(H,21,22,23,25). The number of hydrogen-bond acceptors (Lipinski definition) is 4. The summed E-state index contributed by atoms with van der Waals surface area (Å²) in [4.78, 5) is 15.9. The maximum Gasteiger partial charge on any atom is 0.229 e. The molecule has 2 aromatic carbocycles. The summed E-state index contributed by atoms with van der Waals surface area (Å²) < 4.78 is 21.2. The van der Waals surface area contributed by atoms with Gasteiger partial charge < -0.3 is 4.74 Å². The molecular weight excluding hydrogens is 359 g/mol. The summed E-state index contributed by atoms with van der Waals surface area (Å²) in [5.74, 6) is 0.426. The summed E-state index contributed by atoms with van der Waals surface area (Å²) in [5, 5.41) is 7.17. The molecule has 0 saturated carbocycles. The van der Waals surface area contributed by atoms with Crippen LogP contribution in [0.1, 0.15) is 23.6 Å². The molecule has 132 valence electrons. The van der Waals surface area contributed by atoms with Crippen LogP contribution >= 0.6 is 11.6 Å². The average Bonchev–Trinajstić information content (AvgIpc) is 3.09. The molecule has 4 rings (SSSR count). The van der Waals surface area contributed by atoms with E-state index in [9.17, 15) is 9.18 Å². The van der Waals surface area contributed by atoms with Crippen molar-refractivity contribution in [3.8, 4) is 5.75 Å². The zero-order valence-corrected chi connectivity index (χ0v) is 14.3. The number of ether oxygens (including phenoxy) is 1. The molecule has 0 aliphatic carbocycles. The maximum atomic E-state index is 13.9. The number of benzene rings is 2. The summed E-state index contributed by atoms with van der Waals surface area (Å²) in [6, 6.07) is 11.5. The molecule has 8 heteroatoms. The number of nitrogens with one attached hydrogen (secondary N) is 1. The van der Waals surface area contributed by atoms with Gasteiger partial charge in [0, 0.05) is 5.56 Å². The lowest BCUT2D eigenvalue weighted by molar-refractivity contribution is -0.117. The molecule has 0 fully saturated rings. The third kappa shape index (κ3) is 3.13. The Hall–Kier alpha value is -2.93. The summed E-state index contributed by atoms with van der Waals surface area (Å²) in [6.07, 6.45) is 1.65. The van der Waals surface area contributed by atoms with Crippen molar-refractivity contribution < 1.29 is 13.9 Å². The highest BCUT2D eigenvalue weighted by atomic mass is 35.5. The van der Waals surface area contributed by atoms with Gasteiger partial charge in [-0.05, 0) is 29.8 Å². The fourth-order valence-corrected chi connectivity index (χ4v) is 3.12. The topological polar surface area (TPSA) is 69.0 Å². The lowest BCUT2D eigenvalue weighted by atomic mass is 10.0. The van der Waals surface area contributed by atoms with Crippen LogP contribution in [0.25, 0.3) is 0 Å². The highest BCUT2D eigenvalue weighted by Gasteiger charge is 2.27. The highest BCUT2D eigenvalue weighted by Crippen LogP contribution is 2.30. The fourth-order valence-electron chi connectivity index (χ4n) is 2.90. The van der Waals surface area contributed by atoms with E-state index in [1.165, 1.54) is 12.4 Å². The van der Waals surface area contributed by atoms with Gasteiger partial charge in [-0.2, -0.15) is 10.1 Å². The van der Waals surface area contributed by atoms with Crippen molar-refractivity contribution in [3.63, 3.8) is 0 Å². The van der Waals surface area contributed by atoms with Crippen LogP contribution < -0.4 is 10.1 Å². The fraction of sp³-hybridized carbons (Fsp3) is 0.167. The van der Waals surface area contributed by atoms with Gasteiger partial charge in [0.1, 0.15) is 24.5 Å². The summed E-state index contributed by atoms with van der Waals surface area (Å²) in [5.41, 5.74) is 1.15. The minimum Gasteiger partial charge on any atom is -0.489 e. The Morgan fingerprint density at radius 1 is 1.31 bits per heavy atom. The van der Waals surface area contributed by atoms with Crippen molar-refractivity contribution in [2.24, 2.45) is 0 Å². The second-order valence-electron chi connectivity index (χ2n) is 5.86. The van der Waals surface area contributed by atoms with Crippen LogP contribution in [0.2, 0.25) is 5.02 Å². The molecule has 1 unspecified atom stereocenters. The summed E-state index contributed by atoms with van der Waals surface area (Å²) >= 11 is 6.03. The van der Waals surface area contributed by atoms with Gasteiger partial charge in [-0.25, -0.2) is 9.07 Å². The number of nitrogens with zero attached hydrogens (tertiary/aromatic N) is 3. The predicted molar refractivity (Wildman–Crippen MR) is 93.6 cm³/mol. The zero-order valence-electron chi connectivity index (χ0n) is 13.5. The van der Waals surface area contributed by atoms with Crippen molar-refractivity contribution in [2.75, 3.05) is 5.32 Å². The van der Waals surface area contributed by atoms with Crippen LogP contribution in [0.4, 0.5) is 10.3 Å². The molecule has 1 atom stereocenters. The van der Waals surface area contributed by atoms with Crippen molar-refractivity contribution in [1.82, 2.24) is 14.8 Å². The third-order valence-corrected chi connectivity index (χ3v) is 4.54. The van der Waals surface area contributed by atoms with E-state index in [1.807, 2.05) is 18.2 Å². The zero-order chi connectivity index (χ0) is 18.1. The molecule has 1 amide bonds. The van der Waals surface area contributed by atoms with Crippen LogP contribution in [-0.2, 0) is 11.4 Å². The quantitative estimate of drug-likeness (QED) is 0.760. The molecule has 0 bridgehead atoms. The number of anilines is 1. The molecule has 6 nitrogen and oxygen atoms in total. The molecule has 0 radical (unpaired) electrons. The number of amides is 1. The van der Waals surface area contributed by atoms with Crippen molar-refractivity contribution in [1.29, 1.82) is 0 Å². The molecule has 1 aliphatic rings. The summed E-state index contributed by atoms with van der Waals surface area (Å²) in [6.45, 7) is 0.00862. The molecule has 1 aromatic heterocycles. The van der Waals surface area contributed by atoms with Crippen molar-refractivity contribution in [3.05, 3.63) is 70.8 Å². The molecule has 0 spiro atoms. The van der Waals surface area contributed by atoms with Gasteiger partial charge in [0.15, 0.2) is 0 Å². The second kappa shape index (κ2) is 6.76. The first-order chi connectivity index (χ1) is 12.6. The SMILES string of the molecule is O=C1CC(c2cccc(OCc3c(F)cccc3Cl)c2)n2ncnc2N1. The van der Waals surface area contributed by atoms with Gasteiger partial charge >= 0.3 is 0 Å². The van der Waals surface area contributed by atoms with E-state index in [4.69, 9.17) is 16.3 Å². The molecule has 0 saturated heterocycles. The van der Waals surface area contributed by atoms with Gasteiger partial charge in [0.05, 0.1) is 17.5 Å². The van der Waals surface area contributed by atoms with Gasteiger partial charge in [0.2, 0.25) is 11.9 Å². The predicted octanol–water partition coefficient (Wildman–Crippen LogP) is 3.58. The Balaban J connectivity index is 1.57. The monoisotopic (exact) mass is 372 g/mol. The van der Waals surface area contributed by atoms with E-state index >= 15 is 0 Å². The average molecular weight is 373 g/mol. The number of aromatic nitrogens is 3. The normalized spacial score (nSPS) is 16.1. The summed E-state index contributed by atoms with van der Waals surface area (Å²) in [7, 11) is 0. The minimum atomic E-state index is -0.412. The van der Waals surface area contributed by atoms with Gasteiger partial charge in [-0.15, -0.1) is 0 Å². The number of hydrogen-bond donors (Lipinski definition) is 1. The van der Waals surface area contributed by atoms with E-state index in [0.717, 1.165) is 5.56 Å². The van der Waals surface area contributed by atoms with Crippen LogP contribution in [-0.4, -0.2) is 20.7 Å². The molecule has 3 aromatic rings. The van der Waals surface area contributed by atoms with E-state index in [2.05, 4.69) is 15.4 Å². The van der Waals surface area contributed by atoms with Crippen LogP contribution in [0, 0.1) is 5.82 Å². The number of fused-ring (bicyclic) bond motifs is 1. The van der Waals surface area contributed by atoms with E-state index in [0.29, 0.717) is 22.3 Å². The number of carbonyl (C=O) groups is 1. The Bertz CT molecular complexity index is 955. The Kier molecular flexibility index (Phi) is 4.30. The highest BCUT2D eigenvalue weighted by molar-refractivity contribution is 6.31. The molecule has 26 heavy (non-hydrogen) atoms. The Labute approximate surface area is 153 Å².